The molecule has 1 aromatic carbocycles. The van der Waals surface area contributed by atoms with E-state index < -0.39 is 0 Å². The smallest absolute Gasteiger partial charge is 0.180 e. The highest BCUT2D eigenvalue weighted by Gasteiger charge is 2.15. The highest BCUT2D eigenvalue weighted by molar-refractivity contribution is 6.00. The first-order valence-corrected chi connectivity index (χ1v) is 7.02. The molecule has 106 valence electrons. The SMILES string of the molecule is CCCCN(CC)CC(=O)c1ccc(C)cc1OC. The van der Waals surface area contributed by atoms with E-state index in [1.165, 1.54) is 0 Å². The molecule has 0 spiro atoms. The Kier molecular flexibility index (Phi) is 6.57. The summed E-state index contributed by atoms with van der Waals surface area (Å²) in [5.41, 5.74) is 1.79. The number of ketones is 1. The Morgan fingerprint density at radius 3 is 2.63 bits per heavy atom. The van der Waals surface area contributed by atoms with Gasteiger partial charge in [-0.05, 0) is 44.1 Å². The van der Waals surface area contributed by atoms with Crippen molar-refractivity contribution in [2.75, 3.05) is 26.7 Å². The van der Waals surface area contributed by atoms with Gasteiger partial charge in [-0.2, -0.15) is 0 Å². The Bertz CT molecular complexity index is 415. The van der Waals surface area contributed by atoms with E-state index in [1.54, 1.807) is 7.11 Å². The van der Waals surface area contributed by atoms with Crippen molar-refractivity contribution in [3.8, 4) is 5.75 Å². The summed E-state index contributed by atoms with van der Waals surface area (Å²) in [4.78, 5) is 14.5. The lowest BCUT2D eigenvalue weighted by molar-refractivity contribution is 0.0930. The minimum atomic E-state index is 0.134. The van der Waals surface area contributed by atoms with Gasteiger partial charge in [-0.3, -0.25) is 9.69 Å². The fourth-order valence-corrected chi connectivity index (χ4v) is 2.05. The first-order chi connectivity index (χ1) is 9.12. The molecular formula is C16H25NO2. The van der Waals surface area contributed by atoms with Gasteiger partial charge >= 0.3 is 0 Å². The molecule has 0 saturated carbocycles. The molecule has 19 heavy (non-hydrogen) atoms. The van der Waals surface area contributed by atoms with Crippen molar-refractivity contribution in [2.45, 2.75) is 33.6 Å². The minimum absolute atomic E-state index is 0.134. The van der Waals surface area contributed by atoms with Crippen LogP contribution in [0.1, 0.15) is 42.6 Å². The molecule has 3 nitrogen and oxygen atoms in total. The second-order valence-electron chi connectivity index (χ2n) is 4.85. The van der Waals surface area contributed by atoms with Gasteiger partial charge in [0.1, 0.15) is 5.75 Å². The quantitative estimate of drug-likeness (QED) is 0.674. The van der Waals surface area contributed by atoms with Gasteiger partial charge in [-0.1, -0.05) is 26.3 Å². The first kappa shape index (κ1) is 15.7. The van der Waals surface area contributed by atoms with E-state index in [9.17, 15) is 4.79 Å². The summed E-state index contributed by atoms with van der Waals surface area (Å²) in [7, 11) is 1.61. The predicted octanol–water partition coefficient (Wildman–Crippen LogP) is 3.31. The van der Waals surface area contributed by atoms with Crippen LogP contribution in [0.4, 0.5) is 0 Å². The second-order valence-corrected chi connectivity index (χ2v) is 4.85. The maximum absolute atomic E-state index is 12.3. The van der Waals surface area contributed by atoms with Gasteiger partial charge in [-0.15, -0.1) is 0 Å². The molecule has 0 atom stereocenters. The molecule has 0 aromatic heterocycles. The van der Waals surface area contributed by atoms with E-state index in [4.69, 9.17) is 4.74 Å². The Hall–Kier alpha value is -1.35. The Balaban J connectivity index is 2.76. The summed E-state index contributed by atoms with van der Waals surface area (Å²) in [6, 6.07) is 5.73. The second kappa shape index (κ2) is 7.95. The lowest BCUT2D eigenvalue weighted by Gasteiger charge is -2.19. The molecule has 0 N–H and O–H groups in total. The molecular weight excluding hydrogens is 238 g/mol. The van der Waals surface area contributed by atoms with Crippen LogP contribution in [0.25, 0.3) is 0 Å². The molecule has 0 aliphatic heterocycles. The number of Topliss-reactive ketones (excluding diaryl/α,β-unsaturated/α-hetero) is 1. The average Bonchev–Trinajstić information content (AvgIpc) is 2.42. The van der Waals surface area contributed by atoms with Crippen molar-refractivity contribution in [2.24, 2.45) is 0 Å². The van der Waals surface area contributed by atoms with E-state index in [-0.39, 0.29) is 5.78 Å². The molecule has 0 amide bonds. The zero-order valence-corrected chi connectivity index (χ0v) is 12.5. The minimum Gasteiger partial charge on any atom is -0.496 e. The van der Waals surface area contributed by atoms with Crippen LogP contribution in [0.2, 0.25) is 0 Å². The number of unbranched alkanes of at least 4 members (excludes halogenated alkanes) is 1. The first-order valence-electron chi connectivity index (χ1n) is 7.02. The van der Waals surface area contributed by atoms with Gasteiger partial charge < -0.3 is 4.74 Å². The van der Waals surface area contributed by atoms with Crippen LogP contribution in [-0.2, 0) is 0 Å². The van der Waals surface area contributed by atoms with Crippen LogP contribution in [0.5, 0.6) is 5.75 Å². The van der Waals surface area contributed by atoms with Crippen molar-refractivity contribution in [1.82, 2.24) is 4.90 Å². The molecule has 0 bridgehead atoms. The molecule has 3 heteroatoms. The van der Waals surface area contributed by atoms with Gasteiger partial charge in [0.25, 0.3) is 0 Å². The average molecular weight is 263 g/mol. The maximum Gasteiger partial charge on any atom is 0.180 e. The van der Waals surface area contributed by atoms with Crippen LogP contribution >= 0.6 is 0 Å². The Labute approximate surface area is 116 Å². The summed E-state index contributed by atoms with van der Waals surface area (Å²) < 4.78 is 5.30. The molecule has 0 aliphatic rings. The molecule has 0 heterocycles. The summed E-state index contributed by atoms with van der Waals surface area (Å²) in [5, 5.41) is 0. The van der Waals surface area contributed by atoms with Crippen LogP contribution in [0, 0.1) is 6.92 Å². The fourth-order valence-electron chi connectivity index (χ4n) is 2.05. The summed E-state index contributed by atoms with van der Waals surface area (Å²) >= 11 is 0. The van der Waals surface area contributed by atoms with Crippen LogP contribution in [0.3, 0.4) is 0 Å². The number of ether oxygens (including phenoxy) is 1. The van der Waals surface area contributed by atoms with Gasteiger partial charge in [0.15, 0.2) is 5.78 Å². The standard InChI is InChI=1S/C16H25NO2/c1-5-7-10-17(6-2)12-15(18)14-9-8-13(3)11-16(14)19-4/h8-9,11H,5-7,10,12H2,1-4H3. The molecule has 0 aliphatic carbocycles. The van der Waals surface area contributed by atoms with Gasteiger partial charge in [-0.25, -0.2) is 0 Å². The Morgan fingerprint density at radius 1 is 1.32 bits per heavy atom. The van der Waals surface area contributed by atoms with E-state index in [2.05, 4.69) is 18.7 Å². The summed E-state index contributed by atoms with van der Waals surface area (Å²) in [5.74, 6) is 0.811. The lowest BCUT2D eigenvalue weighted by Crippen LogP contribution is -2.30. The van der Waals surface area contributed by atoms with Gasteiger partial charge in [0.2, 0.25) is 0 Å². The summed E-state index contributed by atoms with van der Waals surface area (Å²) in [6.45, 7) is 8.60. The van der Waals surface area contributed by atoms with Gasteiger partial charge in [0, 0.05) is 0 Å². The number of carbonyl (C=O) groups is 1. The van der Waals surface area contributed by atoms with E-state index in [0.717, 1.165) is 31.5 Å². The summed E-state index contributed by atoms with van der Waals surface area (Å²) in [6.07, 6.45) is 2.28. The normalized spacial score (nSPS) is 10.8. The molecule has 0 saturated heterocycles. The highest BCUT2D eigenvalue weighted by atomic mass is 16.5. The van der Waals surface area contributed by atoms with E-state index in [1.807, 2.05) is 25.1 Å². The Morgan fingerprint density at radius 2 is 2.05 bits per heavy atom. The number of likely N-dealkylation sites (N-methyl/N-ethyl adjacent to an activating group) is 1. The maximum atomic E-state index is 12.3. The largest absolute Gasteiger partial charge is 0.496 e. The number of hydrogen-bond donors (Lipinski definition) is 0. The van der Waals surface area contributed by atoms with Crippen molar-refractivity contribution < 1.29 is 9.53 Å². The van der Waals surface area contributed by atoms with Crippen molar-refractivity contribution >= 4 is 5.78 Å². The van der Waals surface area contributed by atoms with E-state index in [0.29, 0.717) is 17.9 Å². The third-order valence-corrected chi connectivity index (χ3v) is 3.30. The molecule has 0 fully saturated rings. The molecule has 1 aromatic rings. The molecule has 1 rings (SSSR count). The number of nitrogens with zero attached hydrogens (tertiary/aromatic N) is 1. The van der Waals surface area contributed by atoms with Crippen molar-refractivity contribution in [3.63, 3.8) is 0 Å². The molecule has 0 radical (unpaired) electrons. The van der Waals surface area contributed by atoms with Crippen molar-refractivity contribution in [3.05, 3.63) is 29.3 Å². The topological polar surface area (TPSA) is 29.5 Å². The monoisotopic (exact) mass is 263 g/mol. The fraction of sp³-hybridized carbons (Fsp3) is 0.562. The third kappa shape index (κ3) is 4.67. The predicted molar refractivity (Wildman–Crippen MR) is 79.1 cm³/mol. The van der Waals surface area contributed by atoms with Crippen LogP contribution in [-0.4, -0.2) is 37.4 Å². The number of methoxy groups -OCH3 is 1. The number of hydrogen-bond acceptors (Lipinski definition) is 3. The number of benzene rings is 1. The van der Waals surface area contributed by atoms with Crippen molar-refractivity contribution in [1.29, 1.82) is 0 Å². The third-order valence-electron chi connectivity index (χ3n) is 3.30. The highest BCUT2D eigenvalue weighted by Crippen LogP contribution is 2.20. The zero-order valence-electron chi connectivity index (χ0n) is 12.5. The van der Waals surface area contributed by atoms with Gasteiger partial charge in [0.05, 0.1) is 19.2 Å². The number of carbonyl (C=O) groups excluding carboxylic acids is 1. The number of rotatable bonds is 8. The lowest BCUT2D eigenvalue weighted by atomic mass is 10.1. The number of aryl methyl sites for hydroxylation is 1. The van der Waals surface area contributed by atoms with Crippen LogP contribution < -0.4 is 4.74 Å². The van der Waals surface area contributed by atoms with E-state index >= 15 is 0 Å². The molecule has 0 unspecified atom stereocenters. The zero-order chi connectivity index (χ0) is 14.3. The van der Waals surface area contributed by atoms with Crippen LogP contribution in [0.15, 0.2) is 18.2 Å².